The van der Waals surface area contributed by atoms with Crippen molar-refractivity contribution >= 4 is 17.4 Å². The number of benzene rings is 1. The van der Waals surface area contributed by atoms with E-state index in [0.717, 1.165) is 13.1 Å². The molecule has 170 valence electrons. The van der Waals surface area contributed by atoms with Crippen molar-refractivity contribution in [1.82, 2.24) is 14.8 Å². The summed E-state index contributed by atoms with van der Waals surface area (Å²) in [5, 5.41) is 11.1. The Kier molecular flexibility index (Phi) is 7.64. The maximum atomic E-state index is 13.0. The summed E-state index contributed by atoms with van der Waals surface area (Å²) in [5.41, 5.74) is 1.23. The molecular weight excluding hydrogens is 406 g/mol. The average molecular weight is 438 g/mol. The number of aliphatic hydroxyl groups excluding tert-OH is 1. The third kappa shape index (κ3) is 4.99. The summed E-state index contributed by atoms with van der Waals surface area (Å²) in [4.78, 5) is 33.9. The standard InChI is InChI=1S/C25H31N3O4/c1-5-27(6-2)14-15-28-22(19-8-7-13-26-16-19)21(24(30)25(28)31)23(29)18-9-11-20(12-10-18)32-17(3)4/h7-13,16-17,22,29H,5-6,14-15H2,1-4H3/b23-21+/t22-/m0/s1. The van der Waals surface area contributed by atoms with Crippen molar-refractivity contribution in [2.24, 2.45) is 0 Å². The van der Waals surface area contributed by atoms with Gasteiger partial charge in [0, 0.05) is 31.0 Å². The maximum Gasteiger partial charge on any atom is 0.295 e. The summed E-state index contributed by atoms with van der Waals surface area (Å²) in [6, 6.07) is 9.76. The van der Waals surface area contributed by atoms with E-state index in [1.807, 2.05) is 19.9 Å². The third-order valence-electron chi connectivity index (χ3n) is 5.59. The topological polar surface area (TPSA) is 83.0 Å². The molecule has 1 N–H and O–H groups in total. The van der Waals surface area contributed by atoms with Crippen LogP contribution in [0.5, 0.6) is 5.75 Å². The maximum absolute atomic E-state index is 13.0. The molecule has 1 amide bonds. The van der Waals surface area contributed by atoms with Crippen molar-refractivity contribution in [2.45, 2.75) is 39.8 Å². The van der Waals surface area contributed by atoms with Gasteiger partial charge in [-0.3, -0.25) is 14.6 Å². The fraction of sp³-hybridized carbons (Fsp3) is 0.400. The minimum atomic E-state index is -0.689. The Labute approximate surface area is 189 Å². The van der Waals surface area contributed by atoms with E-state index in [1.165, 1.54) is 0 Å². The lowest BCUT2D eigenvalue weighted by molar-refractivity contribution is -0.140. The van der Waals surface area contributed by atoms with Gasteiger partial charge in [-0.2, -0.15) is 0 Å². The molecule has 3 rings (SSSR count). The number of carbonyl (C=O) groups excluding carboxylic acids is 2. The molecule has 0 bridgehead atoms. The molecule has 0 unspecified atom stereocenters. The summed E-state index contributed by atoms with van der Waals surface area (Å²) in [6.45, 7) is 10.7. The average Bonchev–Trinajstić information content (AvgIpc) is 3.05. The summed E-state index contributed by atoms with van der Waals surface area (Å²) in [6.07, 6.45) is 3.29. The number of likely N-dealkylation sites (tertiary alicyclic amines) is 1. The largest absolute Gasteiger partial charge is 0.507 e. The Hall–Kier alpha value is -3.19. The van der Waals surface area contributed by atoms with Crippen LogP contribution in [0.25, 0.3) is 5.76 Å². The minimum absolute atomic E-state index is 0.0242. The molecule has 2 heterocycles. The monoisotopic (exact) mass is 437 g/mol. The highest BCUT2D eigenvalue weighted by Crippen LogP contribution is 2.39. The van der Waals surface area contributed by atoms with Crippen LogP contribution in [-0.4, -0.2) is 63.9 Å². The molecule has 0 spiro atoms. The van der Waals surface area contributed by atoms with Crippen molar-refractivity contribution in [3.63, 3.8) is 0 Å². The molecule has 7 nitrogen and oxygen atoms in total. The second-order valence-corrected chi connectivity index (χ2v) is 8.00. The molecular formula is C25H31N3O4. The zero-order chi connectivity index (χ0) is 23.3. The molecule has 1 aromatic carbocycles. The Bertz CT molecular complexity index is 966. The number of nitrogens with zero attached hydrogens (tertiary/aromatic N) is 3. The second kappa shape index (κ2) is 10.4. The molecule has 1 fully saturated rings. The van der Waals surface area contributed by atoms with Crippen molar-refractivity contribution in [2.75, 3.05) is 26.2 Å². The summed E-state index contributed by atoms with van der Waals surface area (Å²) < 4.78 is 5.66. The van der Waals surface area contributed by atoms with Gasteiger partial charge in [-0.1, -0.05) is 19.9 Å². The van der Waals surface area contributed by atoms with Crippen LogP contribution in [0.2, 0.25) is 0 Å². The van der Waals surface area contributed by atoms with Crippen LogP contribution < -0.4 is 4.74 Å². The smallest absolute Gasteiger partial charge is 0.295 e. The SMILES string of the molecule is CCN(CC)CCN1C(=O)C(=O)/C(=C(/O)c2ccc(OC(C)C)cc2)[C@@H]1c1cccnc1. The van der Waals surface area contributed by atoms with Crippen LogP contribution in [0, 0.1) is 0 Å². The highest BCUT2D eigenvalue weighted by Gasteiger charge is 2.46. The lowest BCUT2D eigenvalue weighted by atomic mass is 9.96. The number of carbonyl (C=O) groups is 2. The third-order valence-corrected chi connectivity index (χ3v) is 5.59. The van der Waals surface area contributed by atoms with Crippen LogP contribution in [0.1, 0.15) is 44.9 Å². The van der Waals surface area contributed by atoms with Gasteiger partial charge in [0.25, 0.3) is 11.7 Å². The Morgan fingerprint density at radius 2 is 1.84 bits per heavy atom. The molecule has 0 aliphatic carbocycles. The Morgan fingerprint density at radius 3 is 2.41 bits per heavy atom. The van der Waals surface area contributed by atoms with Crippen molar-refractivity contribution < 1.29 is 19.4 Å². The first-order chi connectivity index (χ1) is 15.4. The van der Waals surface area contributed by atoms with E-state index in [9.17, 15) is 14.7 Å². The van der Waals surface area contributed by atoms with Crippen molar-refractivity contribution in [3.8, 4) is 5.75 Å². The van der Waals surface area contributed by atoms with E-state index in [4.69, 9.17) is 4.74 Å². The van der Waals surface area contributed by atoms with Gasteiger partial charge in [-0.25, -0.2) is 0 Å². The minimum Gasteiger partial charge on any atom is -0.507 e. The van der Waals surface area contributed by atoms with Gasteiger partial charge >= 0.3 is 0 Å². The fourth-order valence-electron chi connectivity index (χ4n) is 3.90. The van der Waals surface area contributed by atoms with E-state index < -0.39 is 17.7 Å². The number of ether oxygens (including phenoxy) is 1. The molecule has 1 atom stereocenters. The molecule has 1 aliphatic heterocycles. The fourth-order valence-corrected chi connectivity index (χ4v) is 3.90. The predicted octanol–water partition coefficient (Wildman–Crippen LogP) is 3.63. The van der Waals surface area contributed by atoms with Gasteiger partial charge in [-0.15, -0.1) is 0 Å². The summed E-state index contributed by atoms with van der Waals surface area (Å²) >= 11 is 0. The molecule has 2 aromatic rings. The number of Topliss-reactive ketones (excluding diaryl/α,β-unsaturated/α-hetero) is 1. The zero-order valence-electron chi connectivity index (χ0n) is 19.1. The number of hydrogen-bond donors (Lipinski definition) is 1. The van der Waals surface area contributed by atoms with E-state index in [1.54, 1.807) is 47.6 Å². The number of ketones is 1. The lowest BCUT2D eigenvalue weighted by Gasteiger charge is -2.28. The van der Waals surface area contributed by atoms with Crippen molar-refractivity contribution in [3.05, 3.63) is 65.5 Å². The molecule has 1 aromatic heterocycles. The van der Waals surface area contributed by atoms with Gasteiger partial charge in [-0.05, 0) is 62.8 Å². The van der Waals surface area contributed by atoms with Gasteiger partial charge < -0.3 is 19.6 Å². The lowest BCUT2D eigenvalue weighted by Crippen LogP contribution is -2.38. The number of aromatic nitrogens is 1. The van der Waals surface area contributed by atoms with Gasteiger partial charge in [0.2, 0.25) is 0 Å². The summed E-state index contributed by atoms with van der Waals surface area (Å²) in [7, 11) is 0. The molecule has 0 radical (unpaired) electrons. The van der Waals surface area contributed by atoms with Crippen LogP contribution in [0.3, 0.4) is 0 Å². The predicted molar refractivity (Wildman–Crippen MR) is 123 cm³/mol. The first kappa shape index (κ1) is 23.5. The second-order valence-electron chi connectivity index (χ2n) is 8.00. The van der Waals surface area contributed by atoms with Crippen LogP contribution in [0.15, 0.2) is 54.4 Å². The van der Waals surface area contributed by atoms with E-state index >= 15 is 0 Å². The summed E-state index contributed by atoms with van der Waals surface area (Å²) in [5.74, 6) is -0.815. The quantitative estimate of drug-likeness (QED) is 0.366. The van der Waals surface area contributed by atoms with Gasteiger partial charge in [0.15, 0.2) is 0 Å². The van der Waals surface area contributed by atoms with Gasteiger partial charge in [0.1, 0.15) is 11.5 Å². The molecule has 7 heteroatoms. The number of hydrogen-bond acceptors (Lipinski definition) is 6. The molecule has 32 heavy (non-hydrogen) atoms. The van der Waals surface area contributed by atoms with Crippen LogP contribution in [-0.2, 0) is 9.59 Å². The van der Waals surface area contributed by atoms with E-state index in [0.29, 0.717) is 30.0 Å². The molecule has 1 saturated heterocycles. The Morgan fingerprint density at radius 1 is 1.16 bits per heavy atom. The normalized spacial score (nSPS) is 18.1. The highest BCUT2D eigenvalue weighted by molar-refractivity contribution is 6.46. The first-order valence-electron chi connectivity index (χ1n) is 11.0. The Balaban J connectivity index is 2.02. The number of rotatable bonds is 9. The van der Waals surface area contributed by atoms with E-state index in [-0.39, 0.29) is 17.4 Å². The molecule has 0 saturated carbocycles. The number of amides is 1. The van der Waals surface area contributed by atoms with Gasteiger partial charge in [0.05, 0.1) is 17.7 Å². The number of pyridine rings is 1. The number of aliphatic hydroxyl groups is 1. The van der Waals surface area contributed by atoms with E-state index in [2.05, 4.69) is 23.7 Å². The zero-order valence-corrected chi connectivity index (χ0v) is 19.1. The van der Waals surface area contributed by atoms with Crippen molar-refractivity contribution in [1.29, 1.82) is 0 Å². The number of likely N-dealkylation sites (N-methyl/N-ethyl adjacent to an activating group) is 1. The van der Waals surface area contributed by atoms with Crippen LogP contribution in [0.4, 0.5) is 0 Å². The van der Waals surface area contributed by atoms with Crippen LogP contribution >= 0.6 is 0 Å². The highest BCUT2D eigenvalue weighted by atomic mass is 16.5. The molecule has 1 aliphatic rings. The first-order valence-corrected chi connectivity index (χ1v) is 11.0.